The van der Waals surface area contributed by atoms with Crippen LogP contribution in [0.2, 0.25) is 0 Å². The Morgan fingerprint density at radius 2 is 1.87 bits per heavy atom. The summed E-state index contributed by atoms with van der Waals surface area (Å²) in [6.45, 7) is 2.22. The van der Waals surface area contributed by atoms with Crippen molar-refractivity contribution in [2.24, 2.45) is 11.8 Å². The first kappa shape index (κ1) is 19.5. The van der Waals surface area contributed by atoms with Crippen LogP contribution in [0.25, 0.3) is 0 Å². The lowest BCUT2D eigenvalue weighted by Gasteiger charge is -2.23. The van der Waals surface area contributed by atoms with E-state index in [0.717, 1.165) is 5.56 Å². The number of nitrogens with zero attached hydrogens (tertiary/aromatic N) is 1. The number of nitrogens with one attached hydrogen (secondary N) is 2. The molecule has 3 aliphatic heterocycles. The van der Waals surface area contributed by atoms with E-state index in [4.69, 9.17) is 4.74 Å². The minimum Gasteiger partial charge on any atom is -0.360 e. The van der Waals surface area contributed by atoms with Gasteiger partial charge < -0.3 is 20.3 Å². The van der Waals surface area contributed by atoms with Gasteiger partial charge in [0.1, 0.15) is 5.60 Å². The van der Waals surface area contributed by atoms with Gasteiger partial charge >= 0.3 is 0 Å². The first-order chi connectivity index (χ1) is 15.0. The summed E-state index contributed by atoms with van der Waals surface area (Å²) in [5.74, 6) is -1.53. The summed E-state index contributed by atoms with van der Waals surface area (Å²) < 4.78 is 6.18. The molecule has 2 fully saturated rings. The van der Waals surface area contributed by atoms with Crippen LogP contribution in [0.15, 0.2) is 66.7 Å². The Balaban J connectivity index is 1.34. The van der Waals surface area contributed by atoms with Crippen LogP contribution < -0.4 is 15.5 Å². The summed E-state index contributed by atoms with van der Waals surface area (Å²) in [5, 5.41) is 5.69. The molecule has 7 heteroatoms. The van der Waals surface area contributed by atoms with Crippen molar-refractivity contribution in [2.75, 3.05) is 16.8 Å². The van der Waals surface area contributed by atoms with E-state index < -0.39 is 17.4 Å². The SMILES string of the molecule is CC(=O)Nc1ccc(N2CC34C=CC(O3)C(C(=O)NCc3ccccc3)C4C2=O)cc1. The van der Waals surface area contributed by atoms with E-state index in [1.165, 1.54) is 6.92 Å². The summed E-state index contributed by atoms with van der Waals surface area (Å²) in [5.41, 5.74) is 1.61. The molecule has 31 heavy (non-hydrogen) atoms. The zero-order valence-electron chi connectivity index (χ0n) is 17.1. The fourth-order valence-corrected chi connectivity index (χ4v) is 4.85. The largest absolute Gasteiger partial charge is 0.360 e. The van der Waals surface area contributed by atoms with E-state index >= 15 is 0 Å². The molecule has 3 aliphatic rings. The van der Waals surface area contributed by atoms with Crippen LogP contribution in [0.4, 0.5) is 11.4 Å². The summed E-state index contributed by atoms with van der Waals surface area (Å²) in [4.78, 5) is 39.3. The number of ether oxygens (including phenoxy) is 1. The van der Waals surface area contributed by atoms with Crippen LogP contribution >= 0.6 is 0 Å². The molecule has 0 saturated carbocycles. The monoisotopic (exact) mass is 417 g/mol. The van der Waals surface area contributed by atoms with Gasteiger partial charge in [0.25, 0.3) is 0 Å². The van der Waals surface area contributed by atoms with E-state index in [-0.39, 0.29) is 23.8 Å². The fraction of sp³-hybridized carbons (Fsp3) is 0.292. The van der Waals surface area contributed by atoms with Crippen molar-refractivity contribution >= 4 is 29.1 Å². The molecule has 2 bridgehead atoms. The molecule has 3 amide bonds. The van der Waals surface area contributed by atoms with Crippen LogP contribution in [0.3, 0.4) is 0 Å². The van der Waals surface area contributed by atoms with E-state index in [1.807, 2.05) is 42.5 Å². The Morgan fingerprint density at radius 3 is 2.58 bits per heavy atom. The normalized spacial score (nSPS) is 28.0. The molecule has 2 aromatic rings. The topological polar surface area (TPSA) is 87.7 Å². The molecule has 4 unspecified atom stereocenters. The Hall–Kier alpha value is -3.45. The molecule has 2 aromatic carbocycles. The van der Waals surface area contributed by atoms with Crippen molar-refractivity contribution in [3.63, 3.8) is 0 Å². The highest BCUT2D eigenvalue weighted by atomic mass is 16.5. The third-order valence-electron chi connectivity index (χ3n) is 6.21. The molecule has 1 spiro atoms. The van der Waals surface area contributed by atoms with Gasteiger partial charge in [0.05, 0.1) is 24.5 Å². The molecule has 0 aromatic heterocycles. The van der Waals surface area contributed by atoms with E-state index in [9.17, 15) is 14.4 Å². The first-order valence-electron chi connectivity index (χ1n) is 10.3. The zero-order chi connectivity index (χ0) is 21.6. The summed E-state index contributed by atoms with van der Waals surface area (Å²) in [6, 6.07) is 16.8. The maximum Gasteiger partial charge on any atom is 0.234 e. The average Bonchev–Trinajstić information content (AvgIpc) is 3.41. The molecule has 2 saturated heterocycles. The van der Waals surface area contributed by atoms with Gasteiger partial charge in [-0.05, 0) is 29.8 Å². The number of benzene rings is 2. The highest BCUT2D eigenvalue weighted by Crippen LogP contribution is 2.52. The number of hydrogen-bond acceptors (Lipinski definition) is 4. The molecule has 3 heterocycles. The number of amides is 3. The predicted molar refractivity (Wildman–Crippen MR) is 115 cm³/mol. The Morgan fingerprint density at radius 1 is 1.13 bits per heavy atom. The van der Waals surface area contributed by atoms with Gasteiger partial charge in [0, 0.05) is 24.8 Å². The lowest BCUT2D eigenvalue weighted by Crippen LogP contribution is -2.43. The van der Waals surface area contributed by atoms with Crippen LogP contribution in [-0.2, 0) is 25.7 Å². The second-order valence-electron chi connectivity index (χ2n) is 8.26. The maximum absolute atomic E-state index is 13.4. The molecule has 2 N–H and O–H groups in total. The van der Waals surface area contributed by atoms with Gasteiger partial charge in [-0.1, -0.05) is 42.5 Å². The first-order valence-corrected chi connectivity index (χ1v) is 10.3. The molecular weight excluding hydrogens is 394 g/mol. The molecule has 0 aliphatic carbocycles. The van der Waals surface area contributed by atoms with Crippen molar-refractivity contribution in [3.8, 4) is 0 Å². The summed E-state index contributed by atoms with van der Waals surface area (Å²) >= 11 is 0. The van der Waals surface area contributed by atoms with Gasteiger partial charge in [0.2, 0.25) is 17.7 Å². The molecule has 7 nitrogen and oxygen atoms in total. The summed E-state index contributed by atoms with van der Waals surface area (Å²) in [7, 11) is 0. The van der Waals surface area contributed by atoms with Gasteiger partial charge in [-0.3, -0.25) is 14.4 Å². The molecule has 4 atom stereocenters. The number of carbonyl (C=O) groups is 3. The number of anilines is 2. The van der Waals surface area contributed by atoms with E-state index in [1.54, 1.807) is 29.2 Å². The minimum atomic E-state index is -0.771. The maximum atomic E-state index is 13.4. The van der Waals surface area contributed by atoms with Crippen molar-refractivity contribution in [3.05, 3.63) is 72.3 Å². The lowest BCUT2D eigenvalue weighted by molar-refractivity contribution is -0.132. The van der Waals surface area contributed by atoms with Crippen molar-refractivity contribution in [2.45, 2.75) is 25.2 Å². The second-order valence-corrected chi connectivity index (χ2v) is 8.26. The van der Waals surface area contributed by atoms with Crippen LogP contribution in [-0.4, -0.2) is 36.0 Å². The second kappa shape index (κ2) is 7.35. The predicted octanol–water partition coefficient (Wildman–Crippen LogP) is 2.25. The standard InChI is InChI=1S/C24H23N3O4/c1-15(28)26-17-7-9-18(10-8-17)27-14-24-12-11-19(31-24)20(21(24)23(27)30)22(29)25-13-16-5-3-2-4-6-16/h2-12,19-21H,13-14H2,1H3,(H,25,29)(H,26,28). The highest BCUT2D eigenvalue weighted by Gasteiger charge is 2.67. The molecule has 5 rings (SSSR count). The van der Waals surface area contributed by atoms with Crippen LogP contribution in [0, 0.1) is 11.8 Å². The lowest BCUT2D eigenvalue weighted by atomic mass is 9.77. The van der Waals surface area contributed by atoms with Gasteiger partial charge in [-0.25, -0.2) is 0 Å². The smallest absolute Gasteiger partial charge is 0.234 e. The Labute approximate surface area is 180 Å². The van der Waals surface area contributed by atoms with E-state index in [0.29, 0.717) is 24.5 Å². The molecular formula is C24H23N3O4. The number of fused-ring (bicyclic) bond motifs is 1. The van der Waals surface area contributed by atoms with Crippen LogP contribution in [0.5, 0.6) is 0 Å². The zero-order valence-corrected chi connectivity index (χ0v) is 17.1. The Kier molecular flexibility index (Phi) is 4.63. The number of rotatable bonds is 5. The molecule has 158 valence electrons. The van der Waals surface area contributed by atoms with E-state index in [2.05, 4.69) is 10.6 Å². The third-order valence-corrected chi connectivity index (χ3v) is 6.21. The summed E-state index contributed by atoms with van der Waals surface area (Å²) in [6.07, 6.45) is 3.46. The van der Waals surface area contributed by atoms with Gasteiger partial charge in [-0.2, -0.15) is 0 Å². The number of hydrogen-bond donors (Lipinski definition) is 2. The van der Waals surface area contributed by atoms with Gasteiger partial charge in [0.15, 0.2) is 0 Å². The van der Waals surface area contributed by atoms with Crippen molar-refractivity contribution in [1.82, 2.24) is 5.32 Å². The highest BCUT2D eigenvalue weighted by molar-refractivity contribution is 6.03. The third kappa shape index (κ3) is 3.31. The minimum absolute atomic E-state index is 0.112. The van der Waals surface area contributed by atoms with Crippen LogP contribution in [0.1, 0.15) is 12.5 Å². The fourth-order valence-electron chi connectivity index (χ4n) is 4.85. The van der Waals surface area contributed by atoms with Crippen molar-refractivity contribution in [1.29, 1.82) is 0 Å². The Bertz CT molecular complexity index is 1070. The quantitative estimate of drug-likeness (QED) is 0.731. The van der Waals surface area contributed by atoms with Crippen molar-refractivity contribution < 1.29 is 19.1 Å². The average molecular weight is 417 g/mol. The molecule has 0 radical (unpaired) electrons. The number of carbonyl (C=O) groups excluding carboxylic acids is 3. The van der Waals surface area contributed by atoms with Gasteiger partial charge in [-0.15, -0.1) is 0 Å².